The molecule has 2 aromatic heterocycles. The summed E-state index contributed by atoms with van der Waals surface area (Å²) < 4.78 is 13.2. The Labute approximate surface area is 174 Å². The molecule has 2 N–H and O–H groups in total. The van der Waals surface area contributed by atoms with Gasteiger partial charge in [0.2, 0.25) is 0 Å². The Morgan fingerprint density at radius 2 is 2.00 bits per heavy atom. The minimum Gasteiger partial charge on any atom is -0.486 e. The van der Waals surface area contributed by atoms with Crippen LogP contribution in [0.4, 0.5) is 5.82 Å². The van der Waals surface area contributed by atoms with Crippen LogP contribution in [-0.4, -0.2) is 33.0 Å². The van der Waals surface area contributed by atoms with E-state index in [1.165, 1.54) is 0 Å². The maximum atomic E-state index is 5.66. The molecule has 3 heterocycles. The lowest BCUT2D eigenvalue weighted by atomic mass is 10.2. The lowest BCUT2D eigenvalue weighted by Gasteiger charge is -2.20. The first-order chi connectivity index (χ1) is 14.8. The Balaban J connectivity index is 1.36. The van der Waals surface area contributed by atoms with Crippen molar-refractivity contribution in [1.82, 2.24) is 19.7 Å². The molecule has 4 aromatic rings. The second kappa shape index (κ2) is 7.84. The van der Waals surface area contributed by atoms with Gasteiger partial charge in [-0.3, -0.25) is 5.10 Å². The number of aromatic nitrogens is 4. The molecule has 0 saturated carbocycles. The van der Waals surface area contributed by atoms with Gasteiger partial charge < -0.3 is 14.8 Å². The number of benzene rings is 2. The Kier molecular flexibility index (Phi) is 4.74. The van der Waals surface area contributed by atoms with Crippen molar-refractivity contribution in [2.24, 2.45) is 0 Å². The zero-order valence-corrected chi connectivity index (χ0v) is 16.6. The first-order valence-corrected chi connectivity index (χ1v) is 9.95. The number of rotatable bonds is 4. The van der Waals surface area contributed by atoms with Gasteiger partial charge in [-0.1, -0.05) is 30.9 Å². The second-order valence-corrected chi connectivity index (χ2v) is 6.91. The number of nitrogens with one attached hydrogen (secondary N) is 2. The van der Waals surface area contributed by atoms with Crippen LogP contribution in [0, 0.1) is 11.8 Å². The van der Waals surface area contributed by atoms with Gasteiger partial charge in [0.15, 0.2) is 23.0 Å². The van der Waals surface area contributed by atoms with Crippen LogP contribution in [0.2, 0.25) is 0 Å². The number of hydrogen-bond donors (Lipinski definition) is 2. The molecule has 0 amide bonds. The lowest BCUT2D eigenvalue weighted by Crippen LogP contribution is -2.16. The summed E-state index contributed by atoms with van der Waals surface area (Å²) in [7, 11) is 0. The summed E-state index contributed by atoms with van der Waals surface area (Å²) in [4.78, 5) is 8.82. The fourth-order valence-electron chi connectivity index (χ4n) is 3.38. The Hall–Kier alpha value is -3.92. The highest BCUT2D eigenvalue weighted by Gasteiger charge is 2.15. The van der Waals surface area contributed by atoms with Crippen molar-refractivity contribution in [2.45, 2.75) is 19.9 Å². The highest BCUT2D eigenvalue weighted by Crippen LogP contribution is 2.31. The van der Waals surface area contributed by atoms with Crippen molar-refractivity contribution < 1.29 is 9.47 Å². The van der Waals surface area contributed by atoms with Gasteiger partial charge in [0.1, 0.15) is 25.1 Å². The van der Waals surface area contributed by atoms with Gasteiger partial charge >= 0.3 is 0 Å². The van der Waals surface area contributed by atoms with E-state index in [2.05, 4.69) is 32.2 Å². The number of hydrogen-bond acceptors (Lipinski definition) is 5. The van der Waals surface area contributed by atoms with Crippen molar-refractivity contribution >= 4 is 17.0 Å². The van der Waals surface area contributed by atoms with Crippen molar-refractivity contribution in [2.75, 3.05) is 18.5 Å². The van der Waals surface area contributed by atoms with Gasteiger partial charge in [-0.2, -0.15) is 0 Å². The van der Waals surface area contributed by atoms with Crippen molar-refractivity contribution in [3.8, 4) is 29.0 Å². The number of anilines is 1. The molecule has 0 radical (unpaired) electrons. The Morgan fingerprint density at radius 1 is 1.10 bits per heavy atom. The highest BCUT2D eigenvalue weighted by molar-refractivity contribution is 5.85. The normalized spacial score (nSPS) is 12.4. The smallest absolute Gasteiger partial charge is 0.182 e. The largest absolute Gasteiger partial charge is 0.486 e. The van der Waals surface area contributed by atoms with Crippen LogP contribution >= 0.6 is 0 Å². The van der Waals surface area contributed by atoms with E-state index in [1.807, 2.05) is 54.1 Å². The Morgan fingerprint density at radius 3 is 2.90 bits per heavy atom. The van der Waals surface area contributed by atoms with Gasteiger partial charge in [-0.05, 0) is 35.9 Å². The zero-order valence-electron chi connectivity index (χ0n) is 16.6. The van der Waals surface area contributed by atoms with E-state index >= 15 is 0 Å². The molecule has 5 rings (SSSR count). The third kappa shape index (κ3) is 3.44. The number of H-pyrrole nitrogens is 1. The molecule has 0 unspecified atom stereocenters. The lowest BCUT2D eigenvalue weighted by molar-refractivity contribution is 0.171. The molecule has 0 fully saturated rings. The second-order valence-electron chi connectivity index (χ2n) is 6.91. The predicted molar refractivity (Wildman–Crippen MR) is 115 cm³/mol. The standard InChI is InChI=1S/C23H21N5O2/c1-2-3-5-16-6-4-7-18(12-16)28-23-21(27-28)22(25-15-26-23)24-14-17-8-9-19-20(13-17)30-11-10-29-19/h4,6-9,12-13,15,27H,2,10-11,14H2,1H3,(H,24,25,26). The molecule has 0 saturated heterocycles. The summed E-state index contributed by atoms with van der Waals surface area (Å²) in [6.45, 7) is 3.83. The molecule has 0 atom stereocenters. The zero-order chi connectivity index (χ0) is 20.3. The molecule has 0 spiro atoms. The molecule has 1 aliphatic heterocycles. The predicted octanol–water partition coefficient (Wildman–Crippen LogP) is 3.89. The first kappa shape index (κ1) is 18.1. The number of ether oxygens (including phenoxy) is 2. The van der Waals surface area contributed by atoms with Crippen LogP contribution < -0.4 is 14.8 Å². The monoisotopic (exact) mass is 399 g/mol. The fourth-order valence-corrected chi connectivity index (χ4v) is 3.38. The summed E-state index contributed by atoms with van der Waals surface area (Å²) >= 11 is 0. The molecule has 0 bridgehead atoms. The average molecular weight is 399 g/mol. The maximum absolute atomic E-state index is 5.66. The SMILES string of the molecule is CCC#Cc1cccc(-n2[nH]c3c(NCc4ccc5c(c4)OCCO5)ncnc32)c1. The fraction of sp³-hybridized carbons (Fsp3) is 0.217. The summed E-state index contributed by atoms with van der Waals surface area (Å²) in [6.07, 6.45) is 2.40. The van der Waals surface area contributed by atoms with Crippen LogP contribution in [0.1, 0.15) is 24.5 Å². The third-order valence-electron chi connectivity index (χ3n) is 4.84. The number of fused-ring (bicyclic) bond motifs is 2. The molecular formula is C23H21N5O2. The van der Waals surface area contributed by atoms with Crippen LogP contribution in [0.25, 0.3) is 16.9 Å². The van der Waals surface area contributed by atoms with E-state index in [1.54, 1.807) is 6.33 Å². The van der Waals surface area contributed by atoms with Crippen molar-refractivity contribution in [3.63, 3.8) is 0 Å². The molecule has 2 aromatic carbocycles. The van der Waals surface area contributed by atoms with Crippen molar-refractivity contribution in [1.29, 1.82) is 0 Å². The minimum atomic E-state index is 0.578. The van der Waals surface area contributed by atoms with Gasteiger partial charge in [0, 0.05) is 18.5 Å². The quantitative estimate of drug-likeness (QED) is 0.509. The van der Waals surface area contributed by atoms with Gasteiger partial charge in [-0.15, -0.1) is 0 Å². The van der Waals surface area contributed by atoms with Crippen LogP contribution in [-0.2, 0) is 6.54 Å². The number of aromatic amines is 1. The van der Waals surface area contributed by atoms with Gasteiger partial charge in [0.25, 0.3) is 0 Å². The molecule has 7 heteroatoms. The minimum absolute atomic E-state index is 0.578. The molecule has 30 heavy (non-hydrogen) atoms. The highest BCUT2D eigenvalue weighted by atomic mass is 16.6. The Bertz CT molecular complexity index is 1260. The third-order valence-corrected chi connectivity index (χ3v) is 4.84. The van der Waals surface area contributed by atoms with Gasteiger partial charge in [0.05, 0.1) is 5.69 Å². The van der Waals surface area contributed by atoms with E-state index in [9.17, 15) is 0 Å². The van der Waals surface area contributed by atoms with Crippen molar-refractivity contribution in [3.05, 3.63) is 59.9 Å². The molecule has 7 nitrogen and oxygen atoms in total. The summed E-state index contributed by atoms with van der Waals surface area (Å²) in [6, 6.07) is 14.0. The van der Waals surface area contributed by atoms with E-state index in [-0.39, 0.29) is 0 Å². The first-order valence-electron chi connectivity index (χ1n) is 9.95. The average Bonchev–Trinajstić information content (AvgIpc) is 2.77. The van der Waals surface area contributed by atoms with E-state index in [4.69, 9.17) is 9.47 Å². The number of nitrogens with zero attached hydrogens (tertiary/aromatic N) is 3. The molecule has 1 aliphatic rings. The molecule has 0 aliphatic carbocycles. The van der Waals surface area contributed by atoms with E-state index in [0.29, 0.717) is 19.8 Å². The maximum Gasteiger partial charge on any atom is 0.182 e. The van der Waals surface area contributed by atoms with E-state index in [0.717, 1.165) is 51.7 Å². The molecule has 150 valence electrons. The molecular weight excluding hydrogens is 378 g/mol. The summed E-state index contributed by atoms with van der Waals surface area (Å²) in [5.41, 5.74) is 4.76. The topological polar surface area (TPSA) is 77.0 Å². The van der Waals surface area contributed by atoms with Gasteiger partial charge in [-0.25, -0.2) is 14.6 Å². The van der Waals surface area contributed by atoms with Crippen LogP contribution in [0.5, 0.6) is 11.5 Å². The van der Waals surface area contributed by atoms with E-state index < -0.39 is 0 Å². The summed E-state index contributed by atoms with van der Waals surface area (Å²) in [5, 5.41) is 6.71. The summed E-state index contributed by atoms with van der Waals surface area (Å²) in [5.74, 6) is 8.60. The van der Waals surface area contributed by atoms with Crippen LogP contribution in [0.3, 0.4) is 0 Å². The van der Waals surface area contributed by atoms with Crippen LogP contribution in [0.15, 0.2) is 48.8 Å².